The Labute approximate surface area is 82.1 Å². The molecule has 3 heteroatoms. The standard InChI is InChI=1S/C10H21BO2/c1-5-6-10-7-12-11(8(2)3)13-9(10)4/h8-10H,5-7H2,1-4H3. The maximum atomic E-state index is 5.79. The highest BCUT2D eigenvalue weighted by Gasteiger charge is 2.34. The largest absolute Gasteiger partial charge is 0.459 e. The van der Waals surface area contributed by atoms with Crippen LogP contribution in [0.4, 0.5) is 0 Å². The van der Waals surface area contributed by atoms with E-state index in [2.05, 4.69) is 27.7 Å². The van der Waals surface area contributed by atoms with E-state index in [4.69, 9.17) is 9.31 Å². The first-order valence-corrected chi connectivity index (χ1v) is 5.42. The average molecular weight is 184 g/mol. The minimum atomic E-state index is 0.0168. The SMILES string of the molecule is CCCC1COB(C(C)C)OC1C. The van der Waals surface area contributed by atoms with Gasteiger partial charge in [0.2, 0.25) is 0 Å². The van der Waals surface area contributed by atoms with Crippen molar-refractivity contribution in [2.45, 2.75) is 52.5 Å². The summed E-state index contributed by atoms with van der Waals surface area (Å²) in [5.41, 5.74) is 0. The lowest BCUT2D eigenvalue weighted by molar-refractivity contribution is 0.0157. The Balaban J connectivity index is 2.37. The predicted molar refractivity (Wildman–Crippen MR) is 55.7 cm³/mol. The van der Waals surface area contributed by atoms with Gasteiger partial charge < -0.3 is 9.31 Å². The van der Waals surface area contributed by atoms with Gasteiger partial charge in [0.15, 0.2) is 0 Å². The Bertz CT molecular complexity index is 150. The van der Waals surface area contributed by atoms with Crippen molar-refractivity contribution in [1.29, 1.82) is 0 Å². The van der Waals surface area contributed by atoms with E-state index in [0.29, 0.717) is 17.8 Å². The zero-order chi connectivity index (χ0) is 9.84. The van der Waals surface area contributed by atoms with Gasteiger partial charge in [-0.05, 0) is 19.2 Å². The third kappa shape index (κ3) is 2.99. The molecule has 2 unspecified atom stereocenters. The lowest BCUT2D eigenvalue weighted by Gasteiger charge is -2.34. The maximum Gasteiger partial charge on any atom is 0.459 e. The smallest absolute Gasteiger partial charge is 0.411 e. The molecule has 0 bridgehead atoms. The van der Waals surface area contributed by atoms with Crippen molar-refractivity contribution >= 4 is 7.12 Å². The summed E-state index contributed by atoms with van der Waals surface area (Å²) >= 11 is 0. The summed E-state index contributed by atoms with van der Waals surface area (Å²) in [5.74, 6) is 1.06. The third-order valence-electron chi connectivity index (χ3n) is 2.69. The zero-order valence-electron chi connectivity index (χ0n) is 9.25. The molecule has 0 aromatic rings. The van der Waals surface area contributed by atoms with Gasteiger partial charge in [-0.25, -0.2) is 0 Å². The minimum Gasteiger partial charge on any atom is -0.411 e. The summed E-state index contributed by atoms with van der Waals surface area (Å²) in [6.45, 7) is 9.52. The van der Waals surface area contributed by atoms with Crippen molar-refractivity contribution in [1.82, 2.24) is 0 Å². The minimum absolute atomic E-state index is 0.0168. The van der Waals surface area contributed by atoms with E-state index in [1.165, 1.54) is 12.8 Å². The van der Waals surface area contributed by atoms with Gasteiger partial charge in [0.05, 0.1) is 0 Å². The highest BCUT2D eigenvalue weighted by molar-refractivity contribution is 6.46. The second kappa shape index (κ2) is 5.01. The molecule has 1 aliphatic heterocycles. The van der Waals surface area contributed by atoms with Gasteiger partial charge >= 0.3 is 7.12 Å². The molecule has 2 atom stereocenters. The summed E-state index contributed by atoms with van der Waals surface area (Å²) in [6.07, 6.45) is 2.79. The second-order valence-electron chi connectivity index (χ2n) is 4.34. The quantitative estimate of drug-likeness (QED) is 0.628. The second-order valence-corrected chi connectivity index (χ2v) is 4.34. The lowest BCUT2D eigenvalue weighted by Crippen LogP contribution is -2.42. The molecule has 1 fully saturated rings. The first kappa shape index (κ1) is 11.1. The Kier molecular flexibility index (Phi) is 4.27. The maximum absolute atomic E-state index is 5.79. The van der Waals surface area contributed by atoms with Crippen molar-refractivity contribution < 1.29 is 9.31 Å². The van der Waals surface area contributed by atoms with Crippen LogP contribution in [0.1, 0.15) is 40.5 Å². The van der Waals surface area contributed by atoms with Crippen LogP contribution in [0.25, 0.3) is 0 Å². The fourth-order valence-corrected chi connectivity index (χ4v) is 1.75. The van der Waals surface area contributed by atoms with Crippen LogP contribution in [0.2, 0.25) is 5.82 Å². The molecular formula is C10H21BO2. The molecule has 13 heavy (non-hydrogen) atoms. The van der Waals surface area contributed by atoms with E-state index in [1.54, 1.807) is 0 Å². The van der Waals surface area contributed by atoms with Crippen LogP contribution in [-0.4, -0.2) is 19.8 Å². The Morgan fingerprint density at radius 3 is 2.62 bits per heavy atom. The molecule has 0 aliphatic carbocycles. The van der Waals surface area contributed by atoms with Gasteiger partial charge in [0.25, 0.3) is 0 Å². The molecule has 76 valence electrons. The van der Waals surface area contributed by atoms with Gasteiger partial charge in [-0.3, -0.25) is 0 Å². The Morgan fingerprint density at radius 1 is 1.46 bits per heavy atom. The van der Waals surface area contributed by atoms with Crippen molar-refractivity contribution in [3.8, 4) is 0 Å². The molecule has 0 saturated carbocycles. The molecule has 1 saturated heterocycles. The predicted octanol–water partition coefficient (Wildman–Crippen LogP) is 2.74. The molecule has 0 radical (unpaired) electrons. The molecule has 0 aromatic carbocycles. The lowest BCUT2D eigenvalue weighted by atomic mass is 9.72. The van der Waals surface area contributed by atoms with Crippen molar-refractivity contribution in [3.05, 3.63) is 0 Å². The molecule has 0 N–H and O–H groups in total. The highest BCUT2D eigenvalue weighted by Crippen LogP contribution is 2.25. The fourth-order valence-electron chi connectivity index (χ4n) is 1.75. The van der Waals surface area contributed by atoms with E-state index >= 15 is 0 Å². The normalized spacial score (nSPS) is 29.8. The van der Waals surface area contributed by atoms with Gasteiger partial charge in [0, 0.05) is 18.6 Å². The van der Waals surface area contributed by atoms with Gasteiger partial charge in [-0.15, -0.1) is 0 Å². The monoisotopic (exact) mass is 184 g/mol. The van der Waals surface area contributed by atoms with E-state index < -0.39 is 0 Å². The van der Waals surface area contributed by atoms with Gasteiger partial charge in [0.1, 0.15) is 0 Å². The molecule has 0 aromatic heterocycles. The van der Waals surface area contributed by atoms with Crippen molar-refractivity contribution in [2.24, 2.45) is 5.92 Å². The van der Waals surface area contributed by atoms with E-state index in [-0.39, 0.29) is 7.12 Å². The van der Waals surface area contributed by atoms with Gasteiger partial charge in [-0.1, -0.05) is 27.2 Å². The molecule has 0 spiro atoms. The highest BCUT2D eigenvalue weighted by atomic mass is 16.6. The molecule has 1 aliphatic rings. The van der Waals surface area contributed by atoms with E-state index in [1.807, 2.05) is 0 Å². The van der Waals surface area contributed by atoms with Crippen LogP contribution >= 0.6 is 0 Å². The van der Waals surface area contributed by atoms with Crippen LogP contribution in [-0.2, 0) is 9.31 Å². The summed E-state index contributed by atoms with van der Waals surface area (Å²) in [6, 6.07) is 0. The van der Waals surface area contributed by atoms with Crippen molar-refractivity contribution in [3.63, 3.8) is 0 Å². The van der Waals surface area contributed by atoms with Crippen molar-refractivity contribution in [2.75, 3.05) is 6.61 Å². The number of hydrogen-bond donors (Lipinski definition) is 0. The number of rotatable bonds is 3. The fraction of sp³-hybridized carbons (Fsp3) is 1.00. The van der Waals surface area contributed by atoms with Crippen LogP contribution in [0.15, 0.2) is 0 Å². The molecule has 1 rings (SSSR count). The molecule has 1 heterocycles. The van der Waals surface area contributed by atoms with Crippen LogP contribution < -0.4 is 0 Å². The average Bonchev–Trinajstić information content (AvgIpc) is 2.08. The summed E-state index contributed by atoms with van der Waals surface area (Å²) in [4.78, 5) is 0. The molecule has 2 nitrogen and oxygen atoms in total. The first-order chi connectivity index (χ1) is 6.15. The van der Waals surface area contributed by atoms with E-state index in [0.717, 1.165) is 6.61 Å². The topological polar surface area (TPSA) is 18.5 Å². The van der Waals surface area contributed by atoms with Gasteiger partial charge in [-0.2, -0.15) is 0 Å². The first-order valence-electron chi connectivity index (χ1n) is 5.42. The summed E-state index contributed by atoms with van der Waals surface area (Å²) in [5, 5.41) is 0. The van der Waals surface area contributed by atoms with E-state index in [9.17, 15) is 0 Å². The van der Waals surface area contributed by atoms with Crippen LogP contribution in [0.5, 0.6) is 0 Å². The Hall–Kier alpha value is -0.0151. The molecule has 0 amide bonds. The van der Waals surface area contributed by atoms with Crippen LogP contribution in [0, 0.1) is 5.92 Å². The van der Waals surface area contributed by atoms with Crippen LogP contribution in [0.3, 0.4) is 0 Å². The Morgan fingerprint density at radius 2 is 2.15 bits per heavy atom. The summed E-state index contributed by atoms with van der Waals surface area (Å²) < 4.78 is 11.4. The zero-order valence-corrected chi connectivity index (χ0v) is 9.25. The third-order valence-corrected chi connectivity index (χ3v) is 2.69. The molecular weight excluding hydrogens is 163 g/mol. The number of hydrogen-bond acceptors (Lipinski definition) is 2. The summed E-state index contributed by atoms with van der Waals surface area (Å²) in [7, 11) is 0.0168.